The number of nitrogens with one attached hydrogen (secondary N) is 1. The molecule has 0 bridgehead atoms. The van der Waals surface area contributed by atoms with Crippen molar-refractivity contribution in [3.05, 3.63) is 29.3 Å². The lowest BCUT2D eigenvalue weighted by atomic mass is 10.1. The molecule has 1 amide bonds. The van der Waals surface area contributed by atoms with Crippen LogP contribution in [0.25, 0.3) is 0 Å². The first-order chi connectivity index (χ1) is 9.15. The molecule has 0 saturated heterocycles. The van der Waals surface area contributed by atoms with Gasteiger partial charge in [0.05, 0.1) is 0 Å². The molecular formula is C15H23NO2S. The Morgan fingerprint density at radius 1 is 1.32 bits per heavy atom. The predicted octanol–water partition coefficient (Wildman–Crippen LogP) is 3.22. The molecular weight excluding hydrogens is 258 g/mol. The molecule has 0 saturated carbocycles. The number of unbranched alkanes of at least 4 members (excludes halogenated alkanes) is 1. The minimum absolute atomic E-state index is 0.0399. The lowest BCUT2D eigenvalue weighted by molar-refractivity contribution is 0.0939. The number of aryl methyl sites for hydroxylation is 1. The van der Waals surface area contributed by atoms with Crippen LogP contribution in [-0.2, 0) is 4.74 Å². The maximum Gasteiger partial charge on any atom is 0.251 e. The SMILES string of the molecule is CCCCOCCCNC(=O)c1cc(S)ccc1C. The van der Waals surface area contributed by atoms with Crippen molar-refractivity contribution in [2.45, 2.75) is 38.0 Å². The Balaban J connectivity index is 2.26. The zero-order valence-corrected chi connectivity index (χ0v) is 12.6. The van der Waals surface area contributed by atoms with E-state index in [9.17, 15) is 4.79 Å². The Kier molecular flexibility index (Phi) is 7.60. The fraction of sp³-hybridized carbons (Fsp3) is 0.533. The Hall–Kier alpha value is -1.00. The van der Waals surface area contributed by atoms with Gasteiger partial charge < -0.3 is 10.1 Å². The van der Waals surface area contributed by atoms with Crippen molar-refractivity contribution in [2.75, 3.05) is 19.8 Å². The molecule has 0 fully saturated rings. The highest BCUT2D eigenvalue weighted by molar-refractivity contribution is 7.80. The molecule has 0 heterocycles. The summed E-state index contributed by atoms with van der Waals surface area (Å²) in [4.78, 5) is 12.8. The lowest BCUT2D eigenvalue weighted by Crippen LogP contribution is -2.26. The molecule has 1 N–H and O–H groups in total. The summed E-state index contributed by atoms with van der Waals surface area (Å²) >= 11 is 4.25. The van der Waals surface area contributed by atoms with Gasteiger partial charge in [-0.05, 0) is 37.5 Å². The van der Waals surface area contributed by atoms with Crippen LogP contribution in [0, 0.1) is 6.92 Å². The molecule has 106 valence electrons. The van der Waals surface area contributed by atoms with Crippen molar-refractivity contribution in [1.82, 2.24) is 5.32 Å². The van der Waals surface area contributed by atoms with Crippen LogP contribution in [0.1, 0.15) is 42.1 Å². The van der Waals surface area contributed by atoms with Gasteiger partial charge >= 0.3 is 0 Å². The molecule has 0 radical (unpaired) electrons. The molecule has 0 aliphatic carbocycles. The maximum atomic E-state index is 12.0. The highest BCUT2D eigenvalue weighted by atomic mass is 32.1. The van der Waals surface area contributed by atoms with Crippen LogP contribution in [0.2, 0.25) is 0 Å². The molecule has 0 atom stereocenters. The molecule has 0 aliphatic heterocycles. The first-order valence-corrected chi connectivity index (χ1v) is 7.25. The van der Waals surface area contributed by atoms with E-state index in [0.717, 1.165) is 36.3 Å². The molecule has 0 unspecified atom stereocenters. The van der Waals surface area contributed by atoms with Gasteiger partial charge in [-0.15, -0.1) is 12.6 Å². The van der Waals surface area contributed by atoms with E-state index in [2.05, 4.69) is 24.9 Å². The fourth-order valence-corrected chi connectivity index (χ4v) is 1.88. The zero-order valence-electron chi connectivity index (χ0n) is 11.7. The third-order valence-electron chi connectivity index (χ3n) is 2.86. The number of carbonyl (C=O) groups is 1. The molecule has 19 heavy (non-hydrogen) atoms. The molecule has 0 aliphatic rings. The van der Waals surface area contributed by atoms with Crippen molar-refractivity contribution in [3.63, 3.8) is 0 Å². The first-order valence-electron chi connectivity index (χ1n) is 6.80. The van der Waals surface area contributed by atoms with Gasteiger partial charge in [-0.3, -0.25) is 4.79 Å². The minimum atomic E-state index is -0.0399. The van der Waals surface area contributed by atoms with Crippen LogP contribution >= 0.6 is 12.6 Å². The lowest BCUT2D eigenvalue weighted by Gasteiger charge is -2.08. The predicted molar refractivity (Wildman–Crippen MR) is 81.1 cm³/mol. The smallest absolute Gasteiger partial charge is 0.251 e. The van der Waals surface area contributed by atoms with Crippen molar-refractivity contribution >= 4 is 18.5 Å². The van der Waals surface area contributed by atoms with Crippen LogP contribution in [0.15, 0.2) is 23.1 Å². The van der Waals surface area contributed by atoms with Crippen LogP contribution in [-0.4, -0.2) is 25.7 Å². The van der Waals surface area contributed by atoms with Crippen LogP contribution in [0.3, 0.4) is 0 Å². The molecule has 1 aromatic rings. The normalized spacial score (nSPS) is 10.5. The standard InChI is InChI=1S/C15H23NO2S/c1-3-4-9-18-10-5-8-16-15(17)14-11-13(19)7-6-12(14)2/h6-7,11,19H,3-5,8-10H2,1-2H3,(H,16,17). The molecule has 4 heteroatoms. The van der Waals surface area contributed by atoms with Gasteiger partial charge in [-0.2, -0.15) is 0 Å². The van der Waals surface area contributed by atoms with E-state index >= 15 is 0 Å². The van der Waals surface area contributed by atoms with E-state index in [1.165, 1.54) is 0 Å². The summed E-state index contributed by atoms with van der Waals surface area (Å²) in [6.07, 6.45) is 3.09. The van der Waals surface area contributed by atoms with Gasteiger partial charge in [-0.25, -0.2) is 0 Å². The average molecular weight is 281 g/mol. The van der Waals surface area contributed by atoms with Gasteiger partial charge in [0.15, 0.2) is 0 Å². The second kappa shape index (κ2) is 8.99. The van der Waals surface area contributed by atoms with Crippen molar-refractivity contribution in [3.8, 4) is 0 Å². The fourth-order valence-electron chi connectivity index (χ4n) is 1.67. The van der Waals surface area contributed by atoms with Gasteiger partial charge in [0.1, 0.15) is 0 Å². The number of benzene rings is 1. The van der Waals surface area contributed by atoms with E-state index in [1.54, 1.807) is 6.07 Å². The number of rotatable bonds is 8. The summed E-state index contributed by atoms with van der Waals surface area (Å²) in [7, 11) is 0. The number of thiol groups is 1. The summed E-state index contributed by atoms with van der Waals surface area (Å²) in [6, 6.07) is 5.59. The van der Waals surface area contributed by atoms with Crippen molar-refractivity contribution in [1.29, 1.82) is 0 Å². The van der Waals surface area contributed by atoms with Crippen LogP contribution in [0.5, 0.6) is 0 Å². The monoisotopic (exact) mass is 281 g/mol. The second-order valence-electron chi connectivity index (χ2n) is 4.57. The quantitative estimate of drug-likeness (QED) is 0.567. The Labute approximate surface area is 121 Å². The van der Waals surface area contributed by atoms with E-state index in [0.29, 0.717) is 18.7 Å². The van der Waals surface area contributed by atoms with Crippen LogP contribution < -0.4 is 5.32 Å². The second-order valence-corrected chi connectivity index (χ2v) is 5.09. The van der Waals surface area contributed by atoms with E-state index in [4.69, 9.17) is 4.74 Å². The molecule has 3 nitrogen and oxygen atoms in total. The highest BCUT2D eigenvalue weighted by Crippen LogP contribution is 2.13. The Morgan fingerprint density at radius 2 is 2.05 bits per heavy atom. The molecule has 1 aromatic carbocycles. The first kappa shape index (κ1) is 16.1. The number of hydrogen-bond acceptors (Lipinski definition) is 3. The van der Waals surface area contributed by atoms with Gasteiger partial charge in [0.2, 0.25) is 0 Å². The molecule has 0 aromatic heterocycles. The van der Waals surface area contributed by atoms with Gasteiger partial charge in [-0.1, -0.05) is 19.4 Å². The number of carbonyl (C=O) groups excluding carboxylic acids is 1. The summed E-state index contributed by atoms with van der Waals surface area (Å²) in [5.74, 6) is -0.0399. The van der Waals surface area contributed by atoms with Crippen LogP contribution in [0.4, 0.5) is 0 Å². The third-order valence-corrected chi connectivity index (χ3v) is 3.14. The largest absolute Gasteiger partial charge is 0.381 e. The van der Waals surface area contributed by atoms with Crippen molar-refractivity contribution < 1.29 is 9.53 Å². The molecule has 0 spiro atoms. The highest BCUT2D eigenvalue weighted by Gasteiger charge is 2.08. The number of hydrogen-bond donors (Lipinski definition) is 2. The summed E-state index contributed by atoms with van der Waals surface area (Å²) in [6.45, 7) is 6.22. The van der Waals surface area contributed by atoms with Crippen molar-refractivity contribution in [2.24, 2.45) is 0 Å². The van der Waals surface area contributed by atoms with Gasteiger partial charge in [0, 0.05) is 30.2 Å². The summed E-state index contributed by atoms with van der Waals surface area (Å²) < 4.78 is 5.44. The molecule has 1 rings (SSSR count). The minimum Gasteiger partial charge on any atom is -0.381 e. The Bertz CT molecular complexity index is 407. The van der Waals surface area contributed by atoms with E-state index < -0.39 is 0 Å². The topological polar surface area (TPSA) is 38.3 Å². The number of ether oxygens (including phenoxy) is 1. The number of amides is 1. The Morgan fingerprint density at radius 3 is 2.79 bits per heavy atom. The third kappa shape index (κ3) is 6.12. The maximum absolute atomic E-state index is 12.0. The average Bonchev–Trinajstić information content (AvgIpc) is 2.40. The van der Waals surface area contributed by atoms with E-state index in [-0.39, 0.29) is 5.91 Å². The zero-order chi connectivity index (χ0) is 14.1. The summed E-state index contributed by atoms with van der Waals surface area (Å²) in [5, 5.41) is 2.91. The van der Waals surface area contributed by atoms with E-state index in [1.807, 2.05) is 19.1 Å². The summed E-state index contributed by atoms with van der Waals surface area (Å²) in [5.41, 5.74) is 1.66. The van der Waals surface area contributed by atoms with Gasteiger partial charge in [0.25, 0.3) is 5.91 Å².